The van der Waals surface area contributed by atoms with Crippen molar-refractivity contribution in [2.45, 2.75) is 32.3 Å². The largest absolute Gasteiger partial charge is 0.449 e. The number of esters is 1. The molecular formula is C19H15F6NO3. The Hall–Kier alpha value is -3.04. The zero-order valence-corrected chi connectivity index (χ0v) is 15.1. The number of hydrogen-bond donors (Lipinski definition) is 1. The van der Waals surface area contributed by atoms with E-state index in [9.17, 15) is 35.9 Å². The van der Waals surface area contributed by atoms with Gasteiger partial charge in [-0.3, -0.25) is 4.79 Å². The van der Waals surface area contributed by atoms with Crippen LogP contribution in [0.25, 0.3) is 0 Å². The van der Waals surface area contributed by atoms with Crippen LogP contribution in [0.1, 0.15) is 34.0 Å². The molecule has 0 aliphatic rings. The molecule has 2 aromatic carbocycles. The second-order valence-electron chi connectivity index (χ2n) is 6.20. The van der Waals surface area contributed by atoms with Crippen molar-refractivity contribution in [2.24, 2.45) is 0 Å². The number of nitrogens with one attached hydrogen (secondary N) is 1. The molecule has 10 heteroatoms. The zero-order chi connectivity index (χ0) is 22.0. The van der Waals surface area contributed by atoms with Crippen LogP contribution < -0.4 is 5.32 Å². The molecule has 0 aromatic heterocycles. The van der Waals surface area contributed by atoms with Crippen molar-refractivity contribution in [2.75, 3.05) is 5.32 Å². The molecule has 0 radical (unpaired) electrons. The van der Waals surface area contributed by atoms with Crippen molar-refractivity contribution in [3.8, 4) is 0 Å². The van der Waals surface area contributed by atoms with Gasteiger partial charge in [0, 0.05) is 5.69 Å². The van der Waals surface area contributed by atoms with Crippen molar-refractivity contribution in [3.63, 3.8) is 0 Å². The summed E-state index contributed by atoms with van der Waals surface area (Å²) in [5, 5.41) is 2.42. The number of ether oxygens (including phenoxy) is 1. The number of carbonyl (C=O) groups excluding carboxylic acids is 2. The Labute approximate surface area is 161 Å². The maximum Gasteiger partial charge on any atom is 0.416 e. The number of aryl methyl sites for hydroxylation is 1. The van der Waals surface area contributed by atoms with Crippen LogP contribution in [0, 0.1) is 6.92 Å². The Morgan fingerprint density at radius 1 is 0.897 bits per heavy atom. The van der Waals surface area contributed by atoms with Gasteiger partial charge in [-0.05, 0) is 44.2 Å². The lowest BCUT2D eigenvalue weighted by molar-refractivity contribution is -0.143. The summed E-state index contributed by atoms with van der Waals surface area (Å²) < 4.78 is 82.0. The van der Waals surface area contributed by atoms with E-state index in [2.05, 4.69) is 5.32 Å². The average molecular weight is 419 g/mol. The lowest BCUT2D eigenvalue weighted by Crippen LogP contribution is -2.30. The molecule has 0 heterocycles. The third-order valence-corrected chi connectivity index (χ3v) is 3.80. The van der Waals surface area contributed by atoms with E-state index in [4.69, 9.17) is 4.74 Å². The summed E-state index contributed by atoms with van der Waals surface area (Å²) in [4.78, 5) is 24.1. The van der Waals surface area contributed by atoms with Gasteiger partial charge >= 0.3 is 18.3 Å². The minimum atomic E-state index is -5.11. The van der Waals surface area contributed by atoms with E-state index in [-0.39, 0.29) is 18.2 Å². The molecule has 1 unspecified atom stereocenters. The summed E-state index contributed by atoms with van der Waals surface area (Å²) >= 11 is 0. The molecule has 0 bridgehead atoms. The summed E-state index contributed by atoms with van der Waals surface area (Å²) in [7, 11) is 0. The van der Waals surface area contributed by atoms with Gasteiger partial charge in [-0.25, -0.2) is 4.79 Å². The van der Waals surface area contributed by atoms with Gasteiger partial charge in [-0.15, -0.1) is 0 Å². The number of amides is 1. The molecule has 1 amide bonds. The van der Waals surface area contributed by atoms with Crippen LogP contribution in [0.5, 0.6) is 0 Å². The van der Waals surface area contributed by atoms with E-state index >= 15 is 0 Å². The number of alkyl halides is 6. The predicted molar refractivity (Wildman–Crippen MR) is 91.1 cm³/mol. The van der Waals surface area contributed by atoms with Crippen molar-refractivity contribution in [3.05, 3.63) is 64.7 Å². The van der Waals surface area contributed by atoms with Crippen LogP contribution >= 0.6 is 0 Å². The van der Waals surface area contributed by atoms with E-state index in [1.165, 1.54) is 0 Å². The van der Waals surface area contributed by atoms with Gasteiger partial charge in [0.15, 0.2) is 6.10 Å². The van der Waals surface area contributed by atoms with Crippen LogP contribution in [-0.4, -0.2) is 18.0 Å². The van der Waals surface area contributed by atoms with Crippen molar-refractivity contribution < 1.29 is 40.7 Å². The minimum absolute atomic E-state index is 0.107. The summed E-state index contributed by atoms with van der Waals surface area (Å²) in [5.74, 6) is -2.29. The summed E-state index contributed by atoms with van der Waals surface area (Å²) in [6, 6.07) is 6.92. The van der Waals surface area contributed by atoms with E-state index in [0.29, 0.717) is 5.69 Å². The minimum Gasteiger partial charge on any atom is -0.449 e. The second-order valence-corrected chi connectivity index (χ2v) is 6.20. The third-order valence-electron chi connectivity index (χ3n) is 3.80. The molecule has 0 aliphatic heterocycles. The number of halogens is 6. The fourth-order valence-corrected chi connectivity index (χ4v) is 2.24. The monoisotopic (exact) mass is 419 g/mol. The molecule has 2 aromatic rings. The standard InChI is InChI=1S/C19H15F6NO3/c1-10-3-5-15(6-4-10)26-16(27)11(2)29-17(28)12-7-13(18(20,21)22)9-14(8-12)19(23,24)25/h3-9,11H,1-2H3,(H,26,27). The predicted octanol–water partition coefficient (Wildman–Crippen LogP) is 5.22. The van der Waals surface area contributed by atoms with Gasteiger partial charge < -0.3 is 10.1 Å². The number of hydrogen-bond acceptors (Lipinski definition) is 3. The fourth-order valence-electron chi connectivity index (χ4n) is 2.24. The van der Waals surface area contributed by atoms with E-state index in [1.807, 2.05) is 6.92 Å². The van der Waals surface area contributed by atoms with Crippen LogP contribution in [-0.2, 0) is 21.9 Å². The van der Waals surface area contributed by atoms with Crippen molar-refractivity contribution in [1.82, 2.24) is 0 Å². The normalized spacial score (nSPS) is 13.0. The molecule has 0 fully saturated rings. The number of anilines is 1. The highest BCUT2D eigenvalue weighted by Gasteiger charge is 2.38. The Morgan fingerprint density at radius 2 is 1.38 bits per heavy atom. The Bertz CT molecular complexity index is 871. The van der Waals surface area contributed by atoms with Crippen LogP contribution in [0.3, 0.4) is 0 Å². The maximum atomic E-state index is 12.9. The Balaban J connectivity index is 2.20. The fraction of sp³-hybridized carbons (Fsp3) is 0.263. The van der Waals surface area contributed by atoms with Gasteiger partial charge in [0.2, 0.25) is 0 Å². The third kappa shape index (κ3) is 5.97. The smallest absolute Gasteiger partial charge is 0.416 e. The molecule has 1 N–H and O–H groups in total. The lowest BCUT2D eigenvalue weighted by atomic mass is 10.0. The first-order valence-corrected chi connectivity index (χ1v) is 8.15. The first-order valence-electron chi connectivity index (χ1n) is 8.15. The van der Waals surface area contributed by atoms with Gasteiger partial charge in [-0.2, -0.15) is 26.3 Å². The second kappa shape index (κ2) is 8.14. The first-order chi connectivity index (χ1) is 13.3. The number of rotatable bonds is 4. The Morgan fingerprint density at radius 3 is 1.83 bits per heavy atom. The van der Waals surface area contributed by atoms with Gasteiger partial charge in [-0.1, -0.05) is 17.7 Å². The molecule has 0 saturated heterocycles. The first kappa shape index (κ1) is 22.3. The molecule has 29 heavy (non-hydrogen) atoms. The highest BCUT2D eigenvalue weighted by molar-refractivity contribution is 5.97. The average Bonchev–Trinajstić information content (AvgIpc) is 2.61. The van der Waals surface area contributed by atoms with Gasteiger partial charge in [0.05, 0.1) is 16.7 Å². The zero-order valence-electron chi connectivity index (χ0n) is 15.1. The molecule has 2 rings (SSSR count). The molecule has 0 aliphatic carbocycles. The van der Waals surface area contributed by atoms with Crippen molar-refractivity contribution in [1.29, 1.82) is 0 Å². The van der Waals surface area contributed by atoms with Crippen LogP contribution in [0.15, 0.2) is 42.5 Å². The van der Waals surface area contributed by atoms with Crippen LogP contribution in [0.4, 0.5) is 32.0 Å². The summed E-state index contributed by atoms with van der Waals surface area (Å²) in [6.45, 7) is 2.96. The van der Waals surface area contributed by atoms with E-state index < -0.39 is 47.0 Å². The molecular weight excluding hydrogens is 404 g/mol. The topological polar surface area (TPSA) is 55.4 Å². The quantitative estimate of drug-likeness (QED) is 0.546. The maximum absolute atomic E-state index is 12.9. The van der Waals surface area contributed by atoms with E-state index in [0.717, 1.165) is 12.5 Å². The molecule has 0 saturated carbocycles. The van der Waals surface area contributed by atoms with Gasteiger partial charge in [0.25, 0.3) is 5.91 Å². The Kier molecular flexibility index (Phi) is 6.24. The SMILES string of the molecule is Cc1ccc(NC(=O)C(C)OC(=O)c2cc(C(F)(F)F)cc(C(F)(F)F)c2)cc1. The van der Waals surface area contributed by atoms with Gasteiger partial charge in [0.1, 0.15) is 0 Å². The molecule has 4 nitrogen and oxygen atoms in total. The highest BCUT2D eigenvalue weighted by atomic mass is 19.4. The summed E-state index contributed by atoms with van der Waals surface area (Å²) in [6.07, 6.45) is -11.7. The number of carbonyl (C=O) groups is 2. The molecule has 0 spiro atoms. The lowest BCUT2D eigenvalue weighted by Gasteiger charge is -2.16. The van der Waals surface area contributed by atoms with Crippen molar-refractivity contribution >= 4 is 17.6 Å². The van der Waals surface area contributed by atoms with Crippen LogP contribution in [0.2, 0.25) is 0 Å². The number of benzene rings is 2. The van der Waals surface area contributed by atoms with E-state index in [1.54, 1.807) is 24.3 Å². The summed E-state index contributed by atoms with van der Waals surface area (Å²) in [5.41, 5.74) is -2.98. The molecule has 156 valence electrons. The highest BCUT2D eigenvalue weighted by Crippen LogP contribution is 2.36. The molecule has 1 atom stereocenters.